The number of carbonyl (C=O) groups excluding carboxylic acids is 4. The van der Waals surface area contributed by atoms with E-state index in [1.165, 1.54) is 24.1 Å². The van der Waals surface area contributed by atoms with Crippen molar-refractivity contribution in [2.45, 2.75) is 25.6 Å². The molecule has 0 radical (unpaired) electrons. The molecule has 1 aromatic rings. The molecule has 0 N–H and O–H groups in total. The summed E-state index contributed by atoms with van der Waals surface area (Å²) in [7, 11) is 3.00. The normalized spacial score (nSPS) is 27.8. The first-order chi connectivity index (χ1) is 15.6. The molecule has 0 saturated carbocycles. The molecule has 184 valence electrons. The molecule has 8 nitrogen and oxygen atoms in total. The number of likely N-dealkylation sites (tertiary alicyclic amines) is 1. The summed E-state index contributed by atoms with van der Waals surface area (Å²) in [6.45, 7) is 3.79. The van der Waals surface area contributed by atoms with Crippen LogP contribution in [0.3, 0.4) is 0 Å². The Morgan fingerprint density at radius 1 is 1.00 bits per heavy atom. The Bertz CT molecular complexity index is 889. The molecule has 33 heavy (non-hydrogen) atoms. The van der Waals surface area contributed by atoms with Crippen molar-refractivity contribution >= 4 is 98.1 Å². The van der Waals surface area contributed by atoms with Gasteiger partial charge in [0.25, 0.3) is 11.8 Å². The molecule has 13 heteroatoms. The predicted molar refractivity (Wildman–Crippen MR) is 154 cm³/mol. The Kier molecular flexibility index (Phi) is 14.4. The summed E-state index contributed by atoms with van der Waals surface area (Å²) in [4.78, 5) is 46.6. The van der Waals surface area contributed by atoms with Crippen molar-refractivity contribution in [1.29, 1.82) is 0 Å². The van der Waals surface area contributed by atoms with Crippen LogP contribution in [0.5, 0.6) is 0 Å². The van der Waals surface area contributed by atoms with Crippen molar-refractivity contribution in [2.24, 2.45) is 11.8 Å². The first-order valence-electron chi connectivity index (χ1n) is 9.27. The molecule has 4 aliphatic heterocycles. The molecule has 5 heterocycles. The maximum atomic E-state index is 11.8. The van der Waals surface area contributed by atoms with E-state index in [-0.39, 0.29) is 41.6 Å². The summed E-state index contributed by atoms with van der Waals surface area (Å²) in [5.41, 5.74) is -0.549. The van der Waals surface area contributed by atoms with Gasteiger partial charge >= 0.3 is 50.5 Å². The van der Waals surface area contributed by atoms with Gasteiger partial charge in [0.15, 0.2) is 0 Å². The van der Waals surface area contributed by atoms with E-state index >= 15 is 0 Å². The number of likely N-dealkylation sites (N-methyl/N-ethyl adjacent to an activating group) is 1. The fourth-order valence-electron chi connectivity index (χ4n) is 3.63. The van der Waals surface area contributed by atoms with Gasteiger partial charge in [-0.25, -0.2) is 0 Å². The summed E-state index contributed by atoms with van der Waals surface area (Å²) in [6, 6.07) is 3.79. The number of aryl methyl sites for hydroxylation is 1. The fourth-order valence-corrected chi connectivity index (χ4v) is 3.63. The SMILES string of the molecule is CN1C(=O)C2C3C=CC(C)(O3)C2C1=O.CN1C(=O)C=CC1=O.Cc1ccco1.II.I[I-]I. The van der Waals surface area contributed by atoms with Crippen molar-refractivity contribution in [3.8, 4) is 0 Å². The molecule has 4 unspecified atom stereocenters. The van der Waals surface area contributed by atoms with Crippen LogP contribution in [-0.4, -0.2) is 59.2 Å². The number of rotatable bonds is 0. The number of halogens is 5. The van der Waals surface area contributed by atoms with Crippen LogP contribution in [0.25, 0.3) is 0 Å². The molecule has 2 saturated heterocycles. The molecule has 2 fully saturated rings. The van der Waals surface area contributed by atoms with Crippen molar-refractivity contribution in [1.82, 2.24) is 9.80 Å². The zero-order chi connectivity index (χ0) is 25.3. The first kappa shape index (κ1) is 31.7. The summed E-state index contributed by atoms with van der Waals surface area (Å²) in [5.74, 6) is -0.287. The minimum atomic E-state index is -0.549. The quantitative estimate of drug-likeness (QED) is 0.223. The van der Waals surface area contributed by atoms with Crippen LogP contribution in [0.1, 0.15) is 12.7 Å². The first-order valence-corrected chi connectivity index (χ1v) is 28.1. The molecule has 0 aromatic carbocycles. The van der Waals surface area contributed by atoms with Crippen LogP contribution in [0.2, 0.25) is 0 Å². The zero-order valence-electron chi connectivity index (χ0n) is 18.0. The second-order valence-corrected chi connectivity index (χ2v) is 23.5. The van der Waals surface area contributed by atoms with E-state index < -0.39 is 5.60 Å². The van der Waals surface area contributed by atoms with Gasteiger partial charge < -0.3 is 9.15 Å². The molecule has 4 atom stereocenters. The van der Waals surface area contributed by atoms with Gasteiger partial charge in [0, 0.05) is 63.5 Å². The van der Waals surface area contributed by atoms with Crippen molar-refractivity contribution in [3.05, 3.63) is 48.5 Å². The summed E-state index contributed by atoms with van der Waals surface area (Å²) in [5, 5.41) is 0. The second kappa shape index (κ2) is 15.0. The van der Waals surface area contributed by atoms with E-state index in [0.717, 1.165) is 10.7 Å². The molecule has 4 aliphatic rings. The Morgan fingerprint density at radius 2 is 1.55 bits per heavy atom. The van der Waals surface area contributed by atoms with Crippen LogP contribution in [-0.2, 0) is 23.9 Å². The third-order valence-corrected chi connectivity index (χ3v) is 5.24. The topological polar surface area (TPSA) is 97.1 Å². The van der Waals surface area contributed by atoms with Gasteiger partial charge in [-0.3, -0.25) is 29.0 Å². The molecule has 0 spiro atoms. The zero-order valence-corrected chi connectivity index (χ0v) is 28.8. The average molecular weight is 1020 g/mol. The Labute approximate surface area is 246 Å². The molecular weight excluding hydrogens is 999 g/mol. The number of hydrogen-bond donors (Lipinski definition) is 0. The van der Waals surface area contributed by atoms with Gasteiger partial charge in [-0.05, 0) is 26.0 Å². The number of furan rings is 1. The average Bonchev–Trinajstić information content (AvgIpc) is 3.59. The predicted octanol–water partition coefficient (Wildman–Crippen LogP) is 1.62. The van der Waals surface area contributed by atoms with E-state index in [0.29, 0.717) is 13.3 Å². The number of nitrogens with zero attached hydrogens (tertiary/aromatic N) is 2. The third kappa shape index (κ3) is 8.07. The van der Waals surface area contributed by atoms with E-state index in [9.17, 15) is 19.2 Å². The van der Waals surface area contributed by atoms with Crippen molar-refractivity contribution in [3.63, 3.8) is 0 Å². The molecule has 1 aromatic heterocycles. The Morgan fingerprint density at radius 3 is 1.88 bits per heavy atom. The summed E-state index contributed by atoms with van der Waals surface area (Å²) >= 11 is 9.54. The Hall–Kier alpha value is 0.650. The van der Waals surface area contributed by atoms with E-state index in [4.69, 9.17) is 9.15 Å². The van der Waals surface area contributed by atoms with Gasteiger partial charge in [0.1, 0.15) is 5.76 Å². The fraction of sp³-hybridized carbons (Fsp3) is 0.400. The monoisotopic (exact) mass is 1020 g/mol. The number of ether oxygens (including phenoxy) is 1. The van der Waals surface area contributed by atoms with Gasteiger partial charge in [-0.1, -0.05) is 12.2 Å². The summed E-state index contributed by atoms with van der Waals surface area (Å²) < 4.78 is 10.5. The van der Waals surface area contributed by atoms with Gasteiger partial charge in [-0.2, -0.15) is 0 Å². The number of carbonyl (C=O) groups is 4. The minimum absolute atomic E-state index is 0.0990. The maximum absolute atomic E-state index is 11.8. The van der Waals surface area contributed by atoms with E-state index in [1.54, 1.807) is 13.3 Å². The van der Waals surface area contributed by atoms with Crippen molar-refractivity contribution < 1.29 is 41.6 Å². The molecule has 2 bridgehead atoms. The standard InChI is InChI=1S/C10H11NO3.C5H5NO2.C5H6O.I3.I2/c1-10-4-3-5(14-10)6-7(10)9(13)11(2)8(6)12;1-6-4(7)2-3-5(6)8;1-5-3-2-4-6-5;1-3-2;1-2/h3-7H,1-2H3;2-3H,1H3;2-4H,1H3;;/q;;;-1;. The van der Waals surface area contributed by atoms with Gasteiger partial charge in [0.05, 0.1) is 29.8 Å². The van der Waals surface area contributed by atoms with Crippen LogP contribution >= 0.6 is 74.5 Å². The number of hydrogen-bond acceptors (Lipinski definition) is 6. The number of amides is 4. The van der Waals surface area contributed by atoms with Crippen LogP contribution in [0.15, 0.2) is 47.1 Å². The van der Waals surface area contributed by atoms with Crippen LogP contribution in [0.4, 0.5) is 0 Å². The molecular formula is C20H22I5N2O6-. The Balaban J connectivity index is 0.000000245. The molecule has 4 amide bonds. The van der Waals surface area contributed by atoms with Crippen LogP contribution < -0.4 is 13.3 Å². The van der Waals surface area contributed by atoms with Gasteiger partial charge in [0.2, 0.25) is 11.8 Å². The number of fused-ring (bicyclic) bond motifs is 5. The summed E-state index contributed by atoms with van der Waals surface area (Å²) in [6.07, 6.45) is 7.78. The van der Waals surface area contributed by atoms with Crippen LogP contribution in [0, 0.1) is 18.8 Å². The third-order valence-electron chi connectivity index (χ3n) is 5.24. The van der Waals surface area contributed by atoms with E-state index in [2.05, 4.69) is 74.5 Å². The second-order valence-electron chi connectivity index (χ2n) is 7.21. The molecule has 5 rings (SSSR count). The van der Waals surface area contributed by atoms with E-state index in [1.807, 2.05) is 38.1 Å². The molecule has 0 aliphatic carbocycles. The van der Waals surface area contributed by atoms with Crippen molar-refractivity contribution in [2.75, 3.05) is 14.1 Å². The number of imide groups is 2. The van der Waals surface area contributed by atoms with Gasteiger partial charge in [-0.15, -0.1) is 0 Å².